The Labute approximate surface area is 122 Å². The van der Waals surface area contributed by atoms with E-state index in [1.54, 1.807) is 0 Å². The Balaban J connectivity index is 1.39. The predicted molar refractivity (Wildman–Crippen MR) is 81.2 cm³/mol. The van der Waals surface area contributed by atoms with Gasteiger partial charge in [-0.05, 0) is 62.7 Å². The van der Waals surface area contributed by atoms with Gasteiger partial charge in [0, 0.05) is 12.2 Å². The quantitative estimate of drug-likeness (QED) is 0.805. The fourth-order valence-corrected chi connectivity index (χ4v) is 4.67. The van der Waals surface area contributed by atoms with Crippen LogP contribution in [0.3, 0.4) is 0 Å². The molecular formula is C17H28N2O. The molecule has 0 aliphatic heterocycles. The van der Waals surface area contributed by atoms with Crippen LogP contribution >= 0.6 is 0 Å². The molecule has 0 aromatic carbocycles. The highest BCUT2D eigenvalue weighted by molar-refractivity contribution is 5.75. The van der Waals surface area contributed by atoms with E-state index in [4.69, 9.17) is 0 Å². The second-order valence-electron chi connectivity index (χ2n) is 7.15. The van der Waals surface area contributed by atoms with Crippen LogP contribution in [-0.4, -0.2) is 12.1 Å². The molecule has 3 heteroatoms. The first-order valence-corrected chi connectivity index (χ1v) is 8.46. The van der Waals surface area contributed by atoms with Crippen LogP contribution in [0.15, 0.2) is 12.3 Å². The maximum Gasteiger partial charge on any atom is 0.318 e. The van der Waals surface area contributed by atoms with Crippen molar-refractivity contribution in [3.8, 4) is 0 Å². The van der Waals surface area contributed by atoms with Gasteiger partial charge in [-0.15, -0.1) is 0 Å². The van der Waals surface area contributed by atoms with E-state index in [-0.39, 0.29) is 6.03 Å². The molecule has 112 valence electrons. The first-order chi connectivity index (χ1) is 9.72. The monoisotopic (exact) mass is 276 g/mol. The van der Waals surface area contributed by atoms with Gasteiger partial charge in [-0.2, -0.15) is 0 Å². The number of rotatable bonds is 4. The number of nitrogens with one attached hydrogen (secondary N) is 2. The summed E-state index contributed by atoms with van der Waals surface area (Å²) in [6.07, 6.45) is 14.8. The number of carbonyl (C=O) groups excluding carboxylic acids is 1. The maximum atomic E-state index is 11.9. The van der Waals surface area contributed by atoms with Crippen LogP contribution in [0, 0.1) is 23.7 Å². The number of urea groups is 1. The Bertz CT molecular complexity index is 373. The molecule has 3 rings (SSSR count). The molecule has 3 aliphatic carbocycles. The average Bonchev–Trinajstić information content (AvgIpc) is 3.15. The van der Waals surface area contributed by atoms with Crippen LogP contribution in [0.5, 0.6) is 0 Å². The zero-order valence-corrected chi connectivity index (χ0v) is 12.6. The zero-order valence-electron chi connectivity index (χ0n) is 12.6. The number of carbonyl (C=O) groups is 1. The lowest BCUT2D eigenvalue weighted by molar-refractivity contribution is 0.223. The number of hydrogen-bond acceptors (Lipinski definition) is 1. The van der Waals surface area contributed by atoms with Crippen molar-refractivity contribution in [1.82, 2.24) is 10.6 Å². The van der Waals surface area contributed by atoms with Gasteiger partial charge >= 0.3 is 6.03 Å². The van der Waals surface area contributed by atoms with E-state index in [0.29, 0.717) is 17.9 Å². The summed E-state index contributed by atoms with van der Waals surface area (Å²) in [7, 11) is 0. The van der Waals surface area contributed by atoms with Crippen LogP contribution in [0.2, 0.25) is 0 Å². The molecule has 0 radical (unpaired) electrons. The van der Waals surface area contributed by atoms with Crippen molar-refractivity contribution in [3.63, 3.8) is 0 Å². The lowest BCUT2D eigenvalue weighted by Crippen LogP contribution is -2.43. The van der Waals surface area contributed by atoms with E-state index in [1.807, 2.05) is 6.20 Å². The molecule has 2 bridgehead atoms. The summed E-state index contributed by atoms with van der Waals surface area (Å²) in [5.74, 6) is 3.19. The van der Waals surface area contributed by atoms with E-state index in [9.17, 15) is 4.79 Å². The van der Waals surface area contributed by atoms with Gasteiger partial charge in [-0.3, -0.25) is 0 Å². The molecule has 20 heavy (non-hydrogen) atoms. The largest absolute Gasteiger partial charge is 0.335 e. The predicted octanol–water partition coefficient (Wildman–Crippen LogP) is 3.81. The third-order valence-electron chi connectivity index (χ3n) is 5.78. The van der Waals surface area contributed by atoms with Crippen molar-refractivity contribution in [2.24, 2.45) is 23.7 Å². The smallest absolute Gasteiger partial charge is 0.318 e. The first-order valence-electron chi connectivity index (χ1n) is 8.46. The van der Waals surface area contributed by atoms with Crippen molar-refractivity contribution in [2.45, 2.75) is 64.3 Å². The van der Waals surface area contributed by atoms with Gasteiger partial charge in [0.25, 0.3) is 0 Å². The molecule has 0 spiro atoms. The number of allylic oxidation sites excluding steroid dienone is 1. The summed E-state index contributed by atoms with van der Waals surface area (Å²) in [6, 6.07) is 0.278. The summed E-state index contributed by atoms with van der Waals surface area (Å²) in [4.78, 5) is 11.9. The summed E-state index contributed by atoms with van der Waals surface area (Å²) in [5, 5.41) is 6.01. The SMILES string of the molecule is CC(NC(=O)N/C=C/C1CCCC1)C1CC2CCC1C2. The molecule has 2 amide bonds. The Hall–Kier alpha value is -0.990. The first kappa shape index (κ1) is 14.0. The summed E-state index contributed by atoms with van der Waals surface area (Å²) in [6.45, 7) is 2.17. The minimum atomic E-state index is -0.0329. The molecule has 0 aromatic heterocycles. The van der Waals surface area contributed by atoms with Gasteiger partial charge in [-0.1, -0.05) is 25.3 Å². The van der Waals surface area contributed by atoms with Crippen molar-refractivity contribution >= 4 is 6.03 Å². The Morgan fingerprint density at radius 1 is 1.15 bits per heavy atom. The Kier molecular flexibility index (Phi) is 4.32. The minimum absolute atomic E-state index is 0.0329. The normalized spacial score (nSPS) is 34.8. The maximum absolute atomic E-state index is 11.9. The van der Waals surface area contributed by atoms with Crippen molar-refractivity contribution < 1.29 is 4.79 Å². The summed E-state index contributed by atoms with van der Waals surface area (Å²) in [5.41, 5.74) is 0. The molecule has 0 heterocycles. The zero-order chi connectivity index (χ0) is 13.9. The molecule has 0 saturated heterocycles. The van der Waals surface area contributed by atoms with E-state index in [2.05, 4.69) is 23.6 Å². The van der Waals surface area contributed by atoms with E-state index < -0.39 is 0 Å². The van der Waals surface area contributed by atoms with Crippen molar-refractivity contribution in [2.75, 3.05) is 0 Å². The Morgan fingerprint density at radius 3 is 2.60 bits per heavy atom. The van der Waals surface area contributed by atoms with Gasteiger partial charge < -0.3 is 10.6 Å². The molecule has 3 nitrogen and oxygen atoms in total. The minimum Gasteiger partial charge on any atom is -0.335 e. The van der Waals surface area contributed by atoms with Crippen LogP contribution < -0.4 is 10.6 Å². The van der Waals surface area contributed by atoms with Gasteiger partial charge in [0.15, 0.2) is 0 Å². The Morgan fingerprint density at radius 2 is 1.95 bits per heavy atom. The topological polar surface area (TPSA) is 41.1 Å². The summed E-state index contributed by atoms with van der Waals surface area (Å²) >= 11 is 0. The van der Waals surface area contributed by atoms with E-state index >= 15 is 0 Å². The van der Waals surface area contributed by atoms with Crippen LogP contribution in [0.4, 0.5) is 4.79 Å². The van der Waals surface area contributed by atoms with E-state index in [0.717, 1.165) is 11.8 Å². The number of amides is 2. The molecule has 3 saturated carbocycles. The second-order valence-corrected chi connectivity index (χ2v) is 7.15. The van der Waals surface area contributed by atoms with Gasteiger partial charge in [0.1, 0.15) is 0 Å². The molecule has 3 aliphatic rings. The molecule has 0 aromatic rings. The molecule has 4 unspecified atom stereocenters. The molecule has 4 atom stereocenters. The highest BCUT2D eigenvalue weighted by Crippen LogP contribution is 2.49. The second kappa shape index (κ2) is 6.19. The average molecular weight is 276 g/mol. The molecule has 2 N–H and O–H groups in total. The third-order valence-corrected chi connectivity index (χ3v) is 5.78. The third kappa shape index (κ3) is 3.18. The highest BCUT2D eigenvalue weighted by atomic mass is 16.2. The van der Waals surface area contributed by atoms with E-state index in [1.165, 1.54) is 51.4 Å². The van der Waals surface area contributed by atoms with Gasteiger partial charge in [0.2, 0.25) is 0 Å². The highest BCUT2D eigenvalue weighted by Gasteiger charge is 2.42. The summed E-state index contributed by atoms with van der Waals surface area (Å²) < 4.78 is 0. The lowest BCUT2D eigenvalue weighted by atomic mass is 9.84. The standard InChI is InChI=1S/C17H28N2O/c1-12(16-11-14-6-7-15(16)10-14)19-17(20)18-9-8-13-4-2-3-5-13/h8-9,12-16H,2-7,10-11H2,1H3,(H2,18,19,20)/b9-8+. The lowest BCUT2D eigenvalue weighted by Gasteiger charge is -2.28. The fourth-order valence-electron chi connectivity index (χ4n) is 4.67. The van der Waals surface area contributed by atoms with Crippen molar-refractivity contribution in [3.05, 3.63) is 12.3 Å². The molecular weight excluding hydrogens is 248 g/mol. The number of fused-ring (bicyclic) bond motifs is 2. The van der Waals surface area contributed by atoms with Crippen molar-refractivity contribution in [1.29, 1.82) is 0 Å². The van der Waals surface area contributed by atoms with Crippen LogP contribution in [-0.2, 0) is 0 Å². The van der Waals surface area contributed by atoms with Gasteiger partial charge in [0.05, 0.1) is 0 Å². The number of hydrogen-bond donors (Lipinski definition) is 2. The fraction of sp³-hybridized carbons (Fsp3) is 0.824. The van der Waals surface area contributed by atoms with Crippen LogP contribution in [0.1, 0.15) is 58.3 Å². The molecule has 3 fully saturated rings. The van der Waals surface area contributed by atoms with Gasteiger partial charge in [-0.25, -0.2) is 4.79 Å². The van der Waals surface area contributed by atoms with Crippen LogP contribution in [0.25, 0.3) is 0 Å².